The third-order valence-electron chi connectivity index (χ3n) is 3.31. The fourth-order valence-electron chi connectivity index (χ4n) is 1.57. The van der Waals surface area contributed by atoms with Gasteiger partial charge >= 0.3 is 0 Å². The highest BCUT2D eigenvalue weighted by molar-refractivity contribution is 7.89. The fraction of sp³-hybridized carbons (Fsp3) is 0.500. The first-order valence-corrected chi connectivity index (χ1v) is 8.16. The van der Waals surface area contributed by atoms with Crippen molar-refractivity contribution in [2.45, 2.75) is 38.2 Å². The number of carbonyl (C=O) groups is 1. The van der Waals surface area contributed by atoms with Crippen LogP contribution in [0.5, 0.6) is 0 Å². The van der Waals surface area contributed by atoms with E-state index in [0.717, 1.165) is 0 Å². The molecule has 0 aliphatic carbocycles. The van der Waals surface area contributed by atoms with Gasteiger partial charge in [-0.05, 0) is 38.0 Å². The zero-order chi connectivity index (χ0) is 16.3. The van der Waals surface area contributed by atoms with Crippen molar-refractivity contribution in [1.29, 1.82) is 0 Å². The Bertz CT molecular complexity index is 611. The molecule has 1 aromatic rings. The number of aliphatic hydroxyl groups is 1. The van der Waals surface area contributed by atoms with E-state index in [0.29, 0.717) is 12.0 Å². The normalized spacial score (nSPS) is 13.9. The van der Waals surface area contributed by atoms with Crippen molar-refractivity contribution >= 4 is 15.9 Å². The minimum absolute atomic E-state index is 0.0489. The van der Waals surface area contributed by atoms with Gasteiger partial charge in [0.2, 0.25) is 15.9 Å². The van der Waals surface area contributed by atoms with Gasteiger partial charge in [-0.2, -0.15) is 0 Å². The lowest BCUT2D eigenvalue weighted by Crippen LogP contribution is -2.42. The number of aliphatic hydroxyl groups excluding tert-OH is 1. The van der Waals surface area contributed by atoms with E-state index in [1.165, 1.54) is 12.1 Å². The van der Waals surface area contributed by atoms with Crippen molar-refractivity contribution in [3.8, 4) is 0 Å². The predicted molar refractivity (Wildman–Crippen MR) is 79.9 cm³/mol. The Morgan fingerprint density at radius 2 is 2.05 bits per heavy atom. The molecular formula is C14H22N2O4S. The molecule has 0 aromatic heterocycles. The molecule has 0 heterocycles. The van der Waals surface area contributed by atoms with E-state index in [-0.39, 0.29) is 11.4 Å². The van der Waals surface area contributed by atoms with Crippen LogP contribution < -0.4 is 10.5 Å². The summed E-state index contributed by atoms with van der Waals surface area (Å²) >= 11 is 0. The maximum Gasteiger partial charge on any atom is 0.240 e. The average molecular weight is 314 g/mol. The summed E-state index contributed by atoms with van der Waals surface area (Å²) < 4.78 is 26.8. The fourth-order valence-corrected chi connectivity index (χ4v) is 2.84. The maximum absolute atomic E-state index is 12.2. The summed E-state index contributed by atoms with van der Waals surface area (Å²) in [6.45, 7) is 4.84. The van der Waals surface area contributed by atoms with E-state index in [1.807, 2.05) is 0 Å². The van der Waals surface area contributed by atoms with Gasteiger partial charge in [0.05, 0.1) is 16.4 Å². The summed E-state index contributed by atoms with van der Waals surface area (Å²) in [6.07, 6.45) is -0.215. The van der Waals surface area contributed by atoms with Crippen LogP contribution in [-0.2, 0) is 14.8 Å². The SMILES string of the molecule is CCC(O)c1cccc(S(=O)(=O)NCC(C)(C)C(N)=O)c1. The third kappa shape index (κ3) is 4.52. The van der Waals surface area contributed by atoms with Crippen LogP contribution in [0.25, 0.3) is 0 Å². The molecule has 1 rings (SSSR count). The molecule has 6 nitrogen and oxygen atoms in total. The van der Waals surface area contributed by atoms with Gasteiger partial charge in [0, 0.05) is 6.54 Å². The quantitative estimate of drug-likeness (QED) is 0.695. The molecule has 0 saturated carbocycles. The first-order chi connectivity index (χ1) is 9.60. The first kappa shape index (κ1) is 17.6. The number of hydrogen-bond donors (Lipinski definition) is 3. The Hall–Kier alpha value is -1.44. The first-order valence-electron chi connectivity index (χ1n) is 6.68. The molecule has 0 aliphatic heterocycles. The van der Waals surface area contributed by atoms with Gasteiger partial charge in [-0.1, -0.05) is 19.1 Å². The molecule has 0 radical (unpaired) electrons. The van der Waals surface area contributed by atoms with Crippen LogP contribution in [0.2, 0.25) is 0 Å². The van der Waals surface area contributed by atoms with E-state index >= 15 is 0 Å². The molecule has 0 spiro atoms. The van der Waals surface area contributed by atoms with Gasteiger partial charge in [-0.3, -0.25) is 4.79 Å². The van der Waals surface area contributed by atoms with Crippen LogP contribution in [0.1, 0.15) is 38.9 Å². The Labute approximate surface area is 125 Å². The summed E-state index contributed by atoms with van der Waals surface area (Å²) in [7, 11) is -3.76. The lowest BCUT2D eigenvalue weighted by Gasteiger charge is -2.21. The molecule has 1 unspecified atom stereocenters. The molecule has 4 N–H and O–H groups in total. The molecule has 0 saturated heterocycles. The molecule has 0 bridgehead atoms. The summed E-state index contributed by atoms with van der Waals surface area (Å²) in [6, 6.07) is 6.10. The van der Waals surface area contributed by atoms with Crippen molar-refractivity contribution in [2.24, 2.45) is 11.1 Å². The second kappa shape index (κ2) is 6.55. The predicted octanol–water partition coefficient (Wildman–Crippen LogP) is 0.920. The maximum atomic E-state index is 12.2. The number of primary amides is 1. The lowest BCUT2D eigenvalue weighted by molar-refractivity contribution is -0.125. The standard InChI is InChI=1S/C14H22N2O4S/c1-4-12(17)10-6-5-7-11(8-10)21(19,20)16-9-14(2,3)13(15)18/h5-8,12,16-17H,4,9H2,1-3H3,(H2,15,18). The van der Waals surface area contributed by atoms with Crippen LogP contribution in [0, 0.1) is 5.41 Å². The van der Waals surface area contributed by atoms with Gasteiger partial charge < -0.3 is 10.8 Å². The van der Waals surface area contributed by atoms with Crippen LogP contribution >= 0.6 is 0 Å². The summed E-state index contributed by atoms with van der Waals surface area (Å²) in [5, 5.41) is 9.77. The molecule has 1 aromatic carbocycles. The van der Waals surface area contributed by atoms with Crippen molar-refractivity contribution in [1.82, 2.24) is 4.72 Å². The van der Waals surface area contributed by atoms with Crippen molar-refractivity contribution < 1.29 is 18.3 Å². The second-order valence-corrected chi connectivity index (χ2v) is 7.34. The summed E-state index contributed by atoms with van der Waals surface area (Å²) in [4.78, 5) is 11.3. The van der Waals surface area contributed by atoms with Gasteiger partial charge in [0.25, 0.3) is 0 Å². The third-order valence-corrected chi connectivity index (χ3v) is 4.71. The second-order valence-electron chi connectivity index (χ2n) is 5.57. The molecule has 1 atom stereocenters. The van der Waals surface area contributed by atoms with Crippen molar-refractivity contribution in [3.63, 3.8) is 0 Å². The zero-order valence-corrected chi connectivity index (χ0v) is 13.3. The van der Waals surface area contributed by atoms with Crippen LogP contribution in [0.3, 0.4) is 0 Å². The smallest absolute Gasteiger partial charge is 0.240 e. The number of nitrogens with two attached hydrogens (primary N) is 1. The van der Waals surface area contributed by atoms with Crippen LogP contribution in [-0.4, -0.2) is 26.0 Å². The summed E-state index contributed by atoms with van der Waals surface area (Å²) in [5.74, 6) is -0.583. The molecule has 7 heteroatoms. The average Bonchev–Trinajstić information content (AvgIpc) is 2.44. The van der Waals surface area contributed by atoms with E-state index in [1.54, 1.807) is 32.9 Å². The molecule has 1 amide bonds. The number of amides is 1. The molecule has 0 fully saturated rings. The van der Waals surface area contributed by atoms with Crippen LogP contribution in [0.15, 0.2) is 29.2 Å². The van der Waals surface area contributed by atoms with Crippen molar-refractivity contribution in [3.05, 3.63) is 29.8 Å². The van der Waals surface area contributed by atoms with Gasteiger partial charge in [-0.25, -0.2) is 13.1 Å². The van der Waals surface area contributed by atoms with E-state index < -0.39 is 27.4 Å². The highest BCUT2D eigenvalue weighted by Crippen LogP contribution is 2.20. The zero-order valence-electron chi connectivity index (χ0n) is 12.5. The van der Waals surface area contributed by atoms with E-state index in [2.05, 4.69) is 4.72 Å². The minimum atomic E-state index is -3.76. The minimum Gasteiger partial charge on any atom is -0.388 e. The van der Waals surface area contributed by atoms with E-state index in [9.17, 15) is 18.3 Å². The molecule has 21 heavy (non-hydrogen) atoms. The van der Waals surface area contributed by atoms with Gasteiger partial charge in [0.15, 0.2) is 0 Å². The summed E-state index contributed by atoms with van der Waals surface area (Å²) in [5.41, 5.74) is 4.77. The monoisotopic (exact) mass is 314 g/mol. The number of rotatable bonds is 7. The molecule has 118 valence electrons. The number of sulfonamides is 1. The largest absolute Gasteiger partial charge is 0.388 e. The topological polar surface area (TPSA) is 109 Å². The van der Waals surface area contributed by atoms with Crippen molar-refractivity contribution in [2.75, 3.05) is 6.54 Å². The van der Waals surface area contributed by atoms with Crippen LogP contribution in [0.4, 0.5) is 0 Å². The highest BCUT2D eigenvalue weighted by atomic mass is 32.2. The number of benzene rings is 1. The lowest BCUT2D eigenvalue weighted by atomic mass is 9.93. The Morgan fingerprint density at radius 3 is 2.57 bits per heavy atom. The molecular weight excluding hydrogens is 292 g/mol. The van der Waals surface area contributed by atoms with E-state index in [4.69, 9.17) is 5.73 Å². The number of hydrogen-bond acceptors (Lipinski definition) is 4. The van der Waals surface area contributed by atoms with Gasteiger partial charge in [-0.15, -0.1) is 0 Å². The Balaban J connectivity index is 2.96. The number of carbonyl (C=O) groups excluding carboxylic acids is 1. The Morgan fingerprint density at radius 1 is 1.43 bits per heavy atom. The highest BCUT2D eigenvalue weighted by Gasteiger charge is 2.27. The van der Waals surface area contributed by atoms with Gasteiger partial charge in [0.1, 0.15) is 0 Å². The molecule has 0 aliphatic rings. The number of nitrogens with one attached hydrogen (secondary N) is 1. The Kier molecular flexibility index (Phi) is 5.49.